The topological polar surface area (TPSA) is 46.8 Å². The first-order valence-electron chi connectivity index (χ1n) is 15.8. The molecular weight excluding hydrogens is 574 g/mol. The molecule has 3 heterocycles. The average Bonchev–Trinajstić information content (AvgIpc) is 3.79. The molecular formula is C43H25N3O. The second-order valence-electron chi connectivity index (χ2n) is 12.0. The van der Waals surface area contributed by atoms with Crippen LogP contribution in [-0.2, 0) is 0 Å². The van der Waals surface area contributed by atoms with Crippen molar-refractivity contribution in [3.05, 3.63) is 157 Å². The van der Waals surface area contributed by atoms with Gasteiger partial charge in [0.2, 0.25) is 0 Å². The lowest BCUT2D eigenvalue weighted by Gasteiger charge is -2.17. The van der Waals surface area contributed by atoms with Crippen LogP contribution in [0.2, 0.25) is 0 Å². The van der Waals surface area contributed by atoms with Gasteiger partial charge in [0.05, 0.1) is 44.4 Å². The molecule has 0 bridgehead atoms. The Hall–Kier alpha value is -6.57. The fraction of sp³-hybridized carbons (Fsp3) is 0. The summed E-state index contributed by atoms with van der Waals surface area (Å²) in [5, 5.41) is 17.8. The molecule has 0 aliphatic rings. The SMILES string of the molecule is N#Cc1c(-c2ccccc2-n2c3ccccc3c3ccc4oc5ccccc5c4c32)cccc1-n1c2ccccc2c2ccccc21. The summed E-state index contributed by atoms with van der Waals surface area (Å²) in [6, 6.07) is 55.2. The molecule has 4 nitrogen and oxygen atoms in total. The van der Waals surface area contributed by atoms with E-state index in [4.69, 9.17) is 4.42 Å². The maximum atomic E-state index is 10.9. The van der Waals surface area contributed by atoms with Crippen molar-refractivity contribution in [2.45, 2.75) is 0 Å². The molecule has 0 amide bonds. The van der Waals surface area contributed by atoms with Gasteiger partial charge in [-0.15, -0.1) is 0 Å². The second kappa shape index (κ2) is 9.71. The van der Waals surface area contributed by atoms with Gasteiger partial charge in [0, 0.05) is 38.1 Å². The highest BCUT2D eigenvalue weighted by molar-refractivity contribution is 6.24. The van der Waals surface area contributed by atoms with Gasteiger partial charge in [0.15, 0.2) is 0 Å². The quantitative estimate of drug-likeness (QED) is 0.203. The van der Waals surface area contributed by atoms with Gasteiger partial charge >= 0.3 is 0 Å². The van der Waals surface area contributed by atoms with Crippen LogP contribution in [0.15, 0.2) is 156 Å². The fourth-order valence-electron chi connectivity index (χ4n) is 7.66. The van der Waals surface area contributed by atoms with E-state index >= 15 is 0 Å². The number of benzene rings is 7. The number of hydrogen-bond acceptors (Lipinski definition) is 2. The van der Waals surface area contributed by atoms with Crippen LogP contribution >= 0.6 is 0 Å². The number of para-hydroxylation sites is 5. The van der Waals surface area contributed by atoms with Crippen molar-refractivity contribution in [2.24, 2.45) is 0 Å². The van der Waals surface area contributed by atoms with Gasteiger partial charge in [-0.05, 0) is 48.5 Å². The van der Waals surface area contributed by atoms with Crippen molar-refractivity contribution >= 4 is 65.6 Å². The molecule has 0 saturated heterocycles. The molecule has 47 heavy (non-hydrogen) atoms. The Kier molecular flexibility index (Phi) is 5.32. The van der Waals surface area contributed by atoms with Gasteiger partial charge in [0.25, 0.3) is 0 Å². The minimum Gasteiger partial charge on any atom is -0.456 e. The third-order valence-electron chi connectivity index (χ3n) is 9.59. The summed E-state index contributed by atoms with van der Waals surface area (Å²) in [4.78, 5) is 0. The highest BCUT2D eigenvalue weighted by Crippen LogP contribution is 2.43. The number of fused-ring (bicyclic) bond motifs is 10. The zero-order valence-corrected chi connectivity index (χ0v) is 25.2. The van der Waals surface area contributed by atoms with E-state index in [1.54, 1.807) is 0 Å². The van der Waals surface area contributed by atoms with Gasteiger partial charge in [-0.25, -0.2) is 0 Å². The molecule has 0 aliphatic carbocycles. The lowest BCUT2D eigenvalue weighted by molar-refractivity contribution is 0.669. The van der Waals surface area contributed by atoms with Crippen molar-refractivity contribution in [3.63, 3.8) is 0 Å². The van der Waals surface area contributed by atoms with E-state index < -0.39 is 0 Å². The number of rotatable bonds is 3. The summed E-state index contributed by atoms with van der Waals surface area (Å²) in [5.74, 6) is 0. The predicted molar refractivity (Wildman–Crippen MR) is 193 cm³/mol. The van der Waals surface area contributed by atoms with Crippen molar-refractivity contribution < 1.29 is 4.42 Å². The minimum absolute atomic E-state index is 0.631. The van der Waals surface area contributed by atoms with E-state index in [1.165, 1.54) is 16.2 Å². The molecule has 3 aromatic heterocycles. The number of hydrogen-bond donors (Lipinski definition) is 0. The van der Waals surface area contributed by atoms with Crippen molar-refractivity contribution in [1.29, 1.82) is 5.26 Å². The van der Waals surface area contributed by atoms with Gasteiger partial charge < -0.3 is 13.6 Å². The molecule has 0 spiro atoms. The summed E-state index contributed by atoms with van der Waals surface area (Å²) in [6.45, 7) is 0. The first kappa shape index (κ1) is 25.7. The van der Waals surface area contributed by atoms with Crippen LogP contribution in [0.5, 0.6) is 0 Å². The van der Waals surface area contributed by atoms with Crippen LogP contribution in [0.25, 0.3) is 88.1 Å². The number of nitrogens with zero attached hydrogens (tertiary/aromatic N) is 3. The Labute approximate surface area is 269 Å². The zero-order valence-electron chi connectivity index (χ0n) is 25.2. The molecule has 10 rings (SSSR count). The molecule has 0 aliphatic heterocycles. The molecule has 0 fully saturated rings. The number of aromatic nitrogens is 2. The van der Waals surface area contributed by atoms with E-state index in [0.29, 0.717) is 5.56 Å². The Balaban J connectivity index is 1.32. The van der Waals surface area contributed by atoms with Crippen LogP contribution in [0.1, 0.15) is 5.56 Å². The standard InChI is InChI=1S/C43H25N3O/c44-26-34-27(17-11-22-39(34)45-35-18-6-2-13-29(35)30-14-3-7-19-36(30)45)28-12-1-8-20-37(28)46-38-21-9-4-15-31(38)32-24-25-41-42(43(32)46)33-16-5-10-23-40(33)47-41/h1-25H. The number of nitriles is 1. The van der Waals surface area contributed by atoms with Crippen LogP contribution < -0.4 is 0 Å². The zero-order chi connectivity index (χ0) is 31.1. The minimum atomic E-state index is 0.631. The van der Waals surface area contributed by atoms with Gasteiger partial charge in [-0.1, -0.05) is 103 Å². The lowest BCUT2D eigenvalue weighted by Crippen LogP contribution is -2.02. The number of furan rings is 1. The third kappa shape index (κ3) is 3.51. The predicted octanol–water partition coefficient (Wildman–Crippen LogP) is 11.3. The highest BCUT2D eigenvalue weighted by atomic mass is 16.3. The van der Waals surface area contributed by atoms with Crippen LogP contribution in [-0.4, -0.2) is 9.13 Å². The third-order valence-corrected chi connectivity index (χ3v) is 9.59. The Morgan fingerprint density at radius 3 is 1.70 bits per heavy atom. The van der Waals surface area contributed by atoms with Gasteiger partial charge in [-0.2, -0.15) is 5.26 Å². The van der Waals surface area contributed by atoms with E-state index in [9.17, 15) is 5.26 Å². The lowest BCUT2D eigenvalue weighted by atomic mass is 9.96. The molecule has 218 valence electrons. The van der Waals surface area contributed by atoms with E-state index in [1.807, 2.05) is 12.1 Å². The average molecular weight is 600 g/mol. The summed E-state index contributed by atoms with van der Waals surface area (Å²) < 4.78 is 11.0. The van der Waals surface area contributed by atoms with Crippen LogP contribution in [0, 0.1) is 11.3 Å². The van der Waals surface area contributed by atoms with Crippen molar-refractivity contribution in [3.8, 4) is 28.6 Å². The molecule has 7 aromatic carbocycles. The van der Waals surface area contributed by atoms with Crippen LogP contribution in [0.4, 0.5) is 0 Å². The molecule has 0 atom stereocenters. The van der Waals surface area contributed by atoms with Crippen molar-refractivity contribution in [2.75, 3.05) is 0 Å². The van der Waals surface area contributed by atoms with E-state index in [2.05, 4.69) is 155 Å². The fourth-order valence-corrected chi connectivity index (χ4v) is 7.66. The molecule has 0 N–H and O–H groups in total. The Morgan fingerprint density at radius 1 is 0.426 bits per heavy atom. The van der Waals surface area contributed by atoms with E-state index in [0.717, 1.165) is 71.9 Å². The van der Waals surface area contributed by atoms with Crippen molar-refractivity contribution in [1.82, 2.24) is 9.13 Å². The Morgan fingerprint density at radius 2 is 0.979 bits per heavy atom. The largest absolute Gasteiger partial charge is 0.456 e. The normalized spacial score (nSPS) is 11.8. The summed E-state index contributed by atoms with van der Waals surface area (Å²) in [7, 11) is 0. The molecule has 0 unspecified atom stereocenters. The molecule has 4 heteroatoms. The molecule has 0 radical (unpaired) electrons. The molecule has 0 saturated carbocycles. The monoisotopic (exact) mass is 599 g/mol. The van der Waals surface area contributed by atoms with Gasteiger partial charge in [-0.3, -0.25) is 0 Å². The summed E-state index contributed by atoms with van der Waals surface area (Å²) in [5.41, 5.74) is 10.4. The smallest absolute Gasteiger partial charge is 0.137 e. The first-order chi connectivity index (χ1) is 23.3. The maximum absolute atomic E-state index is 10.9. The summed E-state index contributed by atoms with van der Waals surface area (Å²) >= 11 is 0. The second-order valence-corrected chi connectivity index (χ2v) is 12.0. The summed E-state index contributed by atoms with van der Waals surface area (Å²) in [6.07, 6.45) is 0. The van der Waals surface area contributed by atoms with Gasteiger partial charge in [0.1, 0.15) is 17.2 Å². The maximum Gasteiger partial charge on any atom is 0.137 e. The molecule has 10 aromatic rings. The van der Waals surface area contributed by atoms with E-state index in [-0.39, 0.29) is 0 Å². The highest BCUT2D eigenvalue weighted by Gasteiger charge is 2.23. The first-order valence-corrected chi connectivity index (χ1v) is 15.8. The van der Waals surface area contributed by atoms with Crippen LogP contribution in [0.3, 0.4) is 0 Å². The Bertz CT molecular complexity index is 2880.